The van der Waals surface area contributed by atoms with Gasteiger partial charge < -0.3 is 16.0 Å². The fourth-order valence-corrected chi connectivity index (χ4v) is 3.09. The number of aromatic nitrogens is 1. The van der Waals surface area contributed by atoms with Crippen LogP contribution in [0, 0.1) is 17.1 Å². The molecule has 0 atom stereocenters. The largest absolute Gasteiger partial charge is 0.369 e. The molecule has 0 aliphatic rings. The minimum atomic E-state index is -0.287. The Labute approximate surface area is 175 Å². The van der Waals surface area contributed by atoms with Gasteiger partial charge in [-0.2, -0.15) is 5.26 Å². The molecule has 0 unspecified atom stereocenters. The van der Waals surface area contributed by atoms with Gasteiger partial charge in [0.1, 0.15) is 17.7 Å². The SMILES string of the molecule is CCc1ccc2nc(NCCCNC(=S)Nc3ccc(F)cc3)c(C#N)cc2c1. The molecule has 0 bridgehead atoms. The zero-order valence-electron chi connectivity index (χ0n) is 16.1. The van der Waals surface area contributed by atoms with E-state index >= 15 is 0 Å². The van der Waals surface area contributed by atoms with E-state index in [1.807, 2.05) is 12.1 Å². The van der Waals surface area contributed by atoms with Gasteiger partial charge in [0, 0.05) is 24.2 Å². The Balaban J connectivity index is 1.49. The average molecular weight is 408 g/mol. The quantitative estimate of drug-likeness (QED) is 0.393. The summed E-state index contributed by atoms with van der Waals surface area (Å²) in [5.41, 5.74) is 3.35. The molecule has 0 radical (unpaired) electrons. The van der Waals surface area contributed by atoms with Crippen LogP contribution in [-0.4, -0.2) is 23.2 Å². The van der Waals surface area contributed by atoms with Gasteiger partial charge in [-0.05, 0) is 73.1 Å². The van der Waals surface area contributed by atoms with Crippen LogP contribution in [0.25, 0.3) is 10.9 Å². The van der Waals surface area contributed by atoms with Crippen molar-refractivity contribution in [2.75, 3.05) is 23.7 Å². The maximum Gasteiger partial charge on any atom is 0.170 e. The minimum Gasteiger partial charge on any atom is -0.369 e. The van der Waals surface area contributed by atoms with E-state index in [1.165, 1.54) is 17.7 Å². The van der Waals surface area contributed by atoms with Crippen molar-refractivity contribution in [3.8, 4) is 6.07 Å². The van der Waals surface area contributed by atoms with Crippen molar-refractivity contribution in [2.24, 2.45) is 0 Å². The molecule has 7 heteroatoms. The Morgan fingerprint density at radius 3 is 2.66 bits per heavy atom. The molecule has 1 aromatic heterocycles. The van der Waals surface area contributed by atoms with E-state index in [0.717, 1.165) is 29.4 Å². The number of benzene rings is 2. The van der Waals surface area contributed by atoms with Crippen LogP contribution in [0.5, 0.6) is 0 Å². The van der Waals surface area contributed by atoms with Crippen LogP contribution in [0.15, 0.2) is 48.5 Å². The summed E-state index contributed by atoms with van der Waals surface area (Å²) in [7, 11) is 0. The third-order valence-electron chi connectivity index (χ3n) is 4.44. The lowest BCUT2D eigenvalue weighted by atomic mass is 10.1. The van der Waals surface area contributed by atoms with E-state index < -0.39 is 0 Å². The third-order valence-corrected chi connectivity index (χ3v) is 4.69. The summed E-state index contributed by atoms with van der Waals surface area (Å²) >= 11 is 5.23. The molecule has 5 nitrogen and oxygen atoms in total. The molecular formula is C22H22FN5S. The van der Waals surface area contributed by atoms with Crippen molar-refractivity contribution < 1.29 is 4.39 Å². The van der Waals surface area contributed by atoms with Crippen molar-refractivity contribution in [3.63, 3.8) is 0 Å². The first-order valence-electron chi connectivity index (χ1n) is 9.47. The predicted octanol–water partition coefficient (Wildman–Crippen LogP) is 4.60. The molecule has 3 aromatic rings. The number of halogens is 1. The average Bonchev–Trinajstić information content (AvgIpc) is 2.74. The topological polar surface area (TPSA) is 72.8 Å². The van der Waals surface area contributed by atoms with Gasteiger partial charge in [0.05, 0.1) is 11.1 Å². The lowest BCUT2D eigenvalue weighted by Crippen LogP contribution is -2.30. The molecule has 0 fully saturated rings. The fraction of sp³-hybridized carbons (Fsp3) is 0.227. The van der Waals surface area contributed by atoms with Crippen LogP contribution in [0.3, 0.4) is 0 Å². The Bertz CT molecular complexity index is 1040. The second-order valence-electron chi connectivity index (χ2n) is 6.55. The van der Waals surface area contributed by atoms with Crippen molar-refractivity contribution in [2.45, 2.75) is 19.8 Å². The van der Waals surface area contributed by atoms with E-state index in [2.05, 4.69) is 46.1 Å². The summed E-state index contributed by atoms with van der Waals surface area (Å²) in [4.78, 5) is 4.59. The number of hydrogen-bond donors (Lipinski definition) is 3. The van der Waals surface area contributed by atoms with Crippen molar-refractivity contribution in [1.82, 2.24) is 10.3 Å². The number of rotatable bonds is 7. The standard InChI is InChI=1S/C22H22FN5S/c1-2-15-4-9-20-16(12-15)13-17(14-24)21(28-20)25-10-3-11-26-22(29)27-19-7-5-18(23)6-8-19/h4-9,12-13H,2-3,10-11H2,1H3,(H,25,28)(H2,26,27,29). The molecule has 1 heterocycles. The van der Waals surface area contributed by atoms with Gasteiger partial charge in [-0.3, -0.25) is 0 Å². The number of nitrogens with one attached hydrogen (secondary N) is 3. The van der Waals surface area contributed by atoms with Gasteiger partial charge in [-0.15, -0.1) is 0 Å². The summed E-state index contributed by atoms with van der Waals surface area (Å²) in [6.07, 6.45) is 1.73. The van der Waals surface area contributed by atoms with Crippen LogP contribution in [-0.2, 0) is 6.42 Å². The van der Waals surface area contributed by atoms with Gasteiger partial charge in [0.15, 0.2) is 5.11 Å². The maximum absolute atomic E-state index is 12.9. The smallest absolute Gasteiger partial charge is 0.170 e. The van der Waals surface area contributed by atoms with Gasteiger partial charge in [0.25, 0.3) is 0 Å². The molecule has 2 aromatic carbocycles. The normalized spacial score (nSPS) is 10.4. The number of hydrogen-bond acceptors (Lipinski definition) is 4. The molecule has 0 aliphatic carbocycles. The van der Waals surface area contributed by atoms with Gasteiger partial charge in [0.2, 0.25) is 0 Å². The Kier molecular flexibility index (Phi) is 6.93. The highest BCUT2D eigenvalue weighted by atomic mass is 32.1. The summed E-state index contributed by atoms with van der Waals surface area (Å²) in [6, 6.07) is 16.2. The molecule has 29 heavy (non-hydrogen) atoms. The Morgan fingerprint density at radius 1 is 1.14 bits per heavy atom. The third kappa shape index (κ3) is 5.62. The predicted molar refractivity (Wildman–Crippen MR) is 120 cm³/mol. The van der Waals surface area contributed by atoms with Crippen LogP contribution < -0.4 is 16.0 Å². The fourth-order valence-electron chi connectivity index (χ4n) is 2.87. The number of nitriles is 1. The molecule has 0 saturated carbocycles. The Hall–Kier alpha value is -3.24. The Morgan fingerprint density at radius 2 is 1.93 bits per heavy atom. The molecule has 0 saturated heterocycles. The van der Waals surface area contributed by atoms with E-state index in [-0.39, 0.29) is 5.82 Å². The first-order chi connectivity index (χ1) is 14.1. The summed E-state index contributed by atoms with van der Waals surface area (Å²) in [6.45, 7) is 3.40. The molecule has 148 valence electrons. The second kappa shape index (κ2) is 9.80. The van der Waals surface area contributed by atoms with Crippen LogP contribution in [0.4, 0.5) is 15.9 Å². The minimum absolute atomic E-state index is 0.287. The number of aryl methyl sites for hydroxylation is 1. The summed E-state index contributed by atoms with van der Waals surface area (Å²) < 4.78 is 12.9. The first kappa shape index (κ1) is 20.5. The van der Waals surface area contributed by atoms with Gasteiger partial charge in [-0.25, -0.2) is 9.37 Å². The van der Waals surface area contributed by atoms with Crippen molar-refractivity contribution >= 4 is 39.7 Å². The zero-order chi connectivity index (χ0) is 20.6. The van der Waals surface area contributed by atoms with Gasteiger partial charge in [-0.1, -0.05) is 13.0 Å². The number of thiocarbonyl (C=S) groups is 1. The first-order valence-corrected chi connectivity index (χ1v) is 9.88. The maximum atomic E-state index is 12.9. The highest BCUT2D eigenvalue weighted by Crippen LogP contribution is 2.21. The summed E-state index contributed by atoms with van der Waals surface area (Å²) in [5.74, 6) is 0.307. The highest BCUT2D eigenvalue weighted by molar-refractivity contribution is 7.80. The monoisotopic (exact) mass is 407 g/mol. The van der Waals surface area contributed by atoms with Crippen LogP contribution >= 0.6 is 12.2 Å². The molecule has 3 N–H and O–H groups in total. The van der Waals surface area contributed by atoms with Crippen molar-refractivity contribution in [3.05, 3.63) is 65.5 Å². The number of anilines is 2. The molecule has 3 rings (SSSR count). The molecular weight excluding hydrogens is 385 g/mol. The van der Waals surface area contributed by atoms with E-state index in [0.29, 0.717) is 29.6 Å². The molecule has 0 aliphatic heterocycles. The number of pyridine rings is 1. The number of fused-ring (bicyclic) bond motifs is 1. The molecule has 0 spiro atoms. The van der Waals surface area contributed by atoms with Gasteiger partial charge >= 0.3 is 0 Å². The van der Waals surface area contributed by atoms with E-state index in [4.69, 9.17) is 12.2 Å². The van der Waals surface area contributed by atoms with Crippen LogP contribution in [0.1, 0.15) is 24.5 Å². The van der Waals surface area contributed by atoms with Crippen molar-refractivity contribution in [1.29, 1.82) is 5.26 Å². The van der Waals surface area contributed by atoms with E-state index in [1.54, 1.807) is 12.1 Å². The lowest BCUT2D eigenvalue weighted by Gasteiger charge is -2.12. The number of nitrogens with zero attached hydrogens (tertiary/aromatic N) is 2. The second-order valence-corrected chi connectivity index (χ2v) is 6.95. The zero-order valence-corrected chi connectivity index (χ0v) is 16.9. The summed E-state index contributed by atoms with van der Waals surface area (Å²) in [5, 5.41) is 20.2. The highest BCUT2D eigenvalue weighted by Gasteiger charge is 2.07. The molecule has 0 amide bonds. The van der Waals surface area contributed by atoms with E-state index in [9.17, 15) is 9.65 Å². The van der Waals surface area contributed by atoms with Crippen LogP contribution in [0.2, 0.25) is 0 Å². The lowest BCUT2D eigenvalue weighted by molar-refractivity contribution is 0.628.